The van der Waals surface area contributed by atoms with E-state index in [0.717, 1.165) is 18.9 Å². The molecule has 1 N–H and O–H groups in total. The molecule has 0 aliphatic carbocycles. The molecular formula is C29H30ClF2N5O3. The van der Waals surface area contributed by atoms with Crippen LogP contribution in [0.4, 0.5) is 20.5 Å². The van der Waals surface area contributed by atoms with Crippen molar-refractivity contribution < 1.29 is 23.5 Å². The average molecular weight is 570 g/mol. The number of benzene rings is 2. The molecule has 0 spiro atoms. The number of hydrogen-bond donors (Lipinski definition) is 1. The Morgan fingerprint density at radius 3 is 2.55 bits per heavy atom. The highest BCUT2D eigenvalue weighted by molar-refractivity contribution is 6.34. The summed E-state index contributed by atoms with van der Waals surface area (Å²) in [4.78, 5) is 39.0. The molecule has 2 aromatic carbocycles. The Morgan fingerprint density at radius 2 is 1.88 bits per heavy atom. The number of aromatic hydroxyl groups is 1. The Kier molecular flexibility index (Phi) is 7.89. The first-order valence-electron chi connectivity index (χ1n) is 13.3. The van der Waals surface area contributed by atoms with E-state index in [0.29, 0.717) is 56.9 Å². The molecule has 2 fully saturated rings. The van der Waals surface area contributed by atoms with Crippen molar-refractivity contribution in [3.8, 4) is 16.9 Å². The number of piperazine rings is 1. The minimum Gasteiger partial charge on any atom is -0.507 e. The second-order valence-electron chi connectivity index (χ2n) is 10.2. The van der Waals surface area contributed by atoms with Gasteiger partial charge in [0.1, 0.15) is 22.9 Å². The van der Waals surface area contributed by atoms with E-state index >= 15 is 4.39 Å². The van der Waals surface area contributed by atoms with Gasteiger partial charge in [0, 0.05) is 63.6 Å². The van der Waals surface area contributed by atoms with Gasteiger partial charge in [0.05, 0.1) is 10.6 Å². The van der Waals surface area contributed by atoms with Crippen LogP contribution in [0.5, 0.6) is 5.75 Å². The average Bonchev–Trinajstić information content (AvgIpc) is 2.94. The van der Waals surface area contributed by atoms with Crippen LogP contribution in [0.25, 0.3) is 22.0 Å². The van der Waals surface area contributed by atoms with Crippen molar-refractivity contribution in [2.24, 2.45) is 5.92 Å². The van der Waals surface area contributed by atoms with Crippen molar-refractivity contribution in [2.75, 3.05) is 49.1 Å². The summed E-state index contributed by atoms with van der Waals surface area (Å²) < 4.78 is 31.1. The normalized spacial score (nSPS) is 17.8. The Balaban J connectivity index is 1.64. The third-order valence-electron chi connectivity index (χ3n) is 7.64. The van der Waals surface area contributed by atoms with Crippen LogP contribution in [0, 0.1) is 17.6 Å². The number of amides is 1. The maximum absolute atomic E-state index is 16.3. The number of phenolic OH excluding ortho intramolecular Hbond substituents is 1. The SMILES string of the molecule is C=CC(=O)CC1CCCN(c2nc(N3CCN(C(C)=O)CC3)c3cc(Cl)c(-c4c(O)cccc4F)c(F)c3n2)C1. The number of allylic oxidation sites excluding steroid dienone is 1. The molecule has 2 saturated heterocycles. The number of phenols is 1. The minimum atomic E-state index is -0.870. The Labute approximate surface area is 235 Å². The van der Waals surface area contributed by atoms with E-state index in [4.69, 9.17) is 16.6 Å². The minimum absolute atomic E-state index is 0.0234. The summed E-state index contributed by atoms with van der Waals surface area (Å²) in [6, 6.07) is 5.21. The van der Waals surface area contributed by atoms with Gasteiger partial charge in [-0.1, -0.05) is 24.2 Å². The fourth-order valence-electron chi connectivity index (χ4n) is 5.55. The number of rotatable bonds is 6. The van der Waals surface area contributed by atoms with Crippen LogP contribution in [0.1, 0.15) is 26.2 Å². The Hall–Kier alpha value is -3.79. The lowest BCUT2D eigenvalue weighted by atomic mass is 9.93. The van der Waals surface area contributed by atoms with Crippen LogP contribution in [0.3, 0.4) is 0 Å². The summed E-state index contributed by atoms with van der Waals surface area (Å²) in [6.07, 6.45) is 3.35. The van der Waals surface area contributed by atoms with Gasteiger partial charge >= 0.3 is 0 Å². The maximum Gasteiger partial charge on any atom is 0.228 e. The Bertz CT molecular complexity index is 1470. The third kappa shape index (κ3) is 5.32. The number of carbonyl (C=O) groups excluding carboxylic acids is 2. The summed E-state index contributed by atoms with van der Waals surface area (Å²) in [6.45, 7) is 8.11. The highest BCUT2D eigenvalue weighted by Crippen LogP contribution is 2.43. The van der Waals surface area contributed by atoms with E-state index in [1.807, 2.05) is 9.80 Å². The van der Waals surface area contributed by atoms with Gasteiger partial charge in [0.25, 0.3) is 0 Å². The lowest BCUT2D eigenvalue weighted by molar-refractivity contribution is -0.129. The smallest absolute Gasteiger partial charge is 0.228 e. The second kappa shape index (κ2) is 11.4. The van der Waals surface area contributed by atoms with Gasteiger partial charge < -0.3 is 19.8 Å². The van der Waals surface area contributed by atoms with E-state index in [1.54, 1.807) is 4.90 Å². The molecule has 11 heteroatoms. The number of ketones is 1. The molecule has 0 bridgehead atoms. The molecule has 8 nitrogen and oxygen atoms in total. The number of piperidine rings is 1. The molecule has 5 rings (SSSR count). The fraction of sp³-hybridized carbons (Fsp3) is 0.379. The van der Waals surface area contributed by atoms with E-state index in [2.05, 4.69) is 11.6 Å². The molecule has 1 aromatic heterocycles. The summed E-state index contributed by atoms with van der Waals surface area (Å²) in [5.41, 5.74) is -0.681. The van der Waals surface area contributed by atoms with Gasteiger partial charge in [0.15, 0.2) is 11.6 Å². The van der Waals surface area contributed by atoms with Crippen molar-refractivity contribution in [1.82, 2.24) is 14.9 Å². The summed E-state index contributed by atoms with van der Waals surface area (Å²) in [7, 11) is 0. The van der Waals surface area contributed by atoms with Gasteiger partial charge in [-0.3, -0.25) is 9.59 Å². The number of fused-ring (bicyclic) bond motifs is 1. The number of aromatic nitrogens is 2. The molecule has 210 valence electrons. The van der Waals surface area contributed by atoms with Crippen molar-refractivity contribution >= 4 is 46.0 Å². The molecule has 2 aliphatic rings. The van der Waals surface area contributed by atoms with E-state index in [1.165, 1.54) is 31.2 Å². The van der Waals surface area contributed by atoms with E-state index in [9.17, 15) is 19.1 Å². The first kappa shape index (κ1) is 27.8. The summed E-state index contributed by atoms with van der Waals surface area (Å²) in [5, 5.41) is 10.6. The lowest BCUT2D eigenvalue weighted by Gasteiger charge is -2.37. The predicted octanol–water partition coefficient (Wildman–Crippen LogP) is 4.96. The molecule has 2 aliphatic heterocycles. The predicted molar refractivity (Wildman–Crippen MR) is 151 cm³/mol. The number of anilines is 2. The monoisotopic (exact) mass is 569 g/mol. The van der Waals surface area contributed by atoms with E-state index in [-0.39, 0.29) is 45.2 Å². The third-order valence-corrected chi connectivity index (χ3v) is 7.93. The second-order valence-corrected chi connectivity index (χ2v) is 10.7. The zero-order chi connectivity index (χ0) is 28.6. The highest BCUT2D eigenvalue weighted by Gasteiger charge is 2.29. The lowest BCUT2D eigenvalue weighted by Crippen LogP contribution is -2.48. The standard InChI is InChI=1S/C29H30ClF2N5O3/c1-3-19(39)14-18-6-5-9-37(16-18)29-33-27-20(28(34-29)36-12-10-35(11-13-36)17(2)38)15-21(30)24(26(27)32)25-22(31)7-4-8-23(25)40/h3-4,7-8,15,18,40H,1,5-6,9-14,16H2,2H3. The number of nitrogens with zero attached hydrogens (tertiary/aromatic N) is 5. The zero-order valence-corrected chi connectivity index (χ0v) is 22.9. The first-order chi connectivity index (χ1) is 19.2. The van der Waals surface area contributed by atoms with Crippen molar-refractivity contribution in [3.05, 3.63) is 53.6 Å². The van der Waals surface area contributed by atoms with Gasteiger partial charge in [-0.25, -0.2) is 13.8 Å². The van der Waals surface area contributed by atoms with Crippen molar-refractivity contribution in [1.29, 1.82) is 0 Å². The molecule has 1 unspecified atom stereocenters. The molecule has 1 amide bonds. The van der Waals surface area contributed by atoms with Gasteiger partial charge in [-0.15, -0.1) is 0 Å². The summed E-state index contributed by atoms with van der Waals surface area (Å²) in [5.74, 6) is -1.38. The number of halogens is 3. The number of hydrogen-bond acceptors (Lipinski definition) is 7. The van der Waals surface area contributed by atoms with Crippen LogP contribution in [-0.4, -0.2) is 70.9 Å². The van der Waals surface area contributed by atoms with Crippen LogP contribution in [0.2, 0.25) is 5.02 Å². The summed E-state index contributed by atoms with van der Waals surface area (Å²) >= 11 is 6.54. The van der Waals surface area contributed by atoms with Gasteiger partial charge in [0.2, 0.25) is 11.9 Å². The van der Waals surface area contributed by atoms with Crippen LogP contribution in [0.15, 0.2) is 36.9 Å². The largest absolute Gasteiger partial charge is 0.507 e. The molecule has 3 heterocycles. The van der Waals surface area contributed by atoms with Gasteiger partial charge in [-0.2, -0.15) is 4.98 Å². The van der Waals surface area contributed by atoms with Gasteiger partial charge in [-0.05, 0) is 43.0 Å². The van der Waals surface area contributed by atoms with Crippen LogP contribution in [-0.2, 0) is 9.59 Å². The Morgan fingerprint density at radius 1 is 1.12 bits per heavy atom. The van der Waals surface area contributed by atoms with Crippen LogP contribution >= 0.6 is 11.6 Å². The number of carbonyl (C=O) groups is 2. The van der Waals surface area contributed by atoms with E-state index < -0.39 is 17.4 Å². The molecule has 0 radical (unpaired) electrons. The molecular weight excluding hydrogens is 540 g/mol. The molecule has 1 atom stereocenters. The molecule has 0 saturated carbocycles. The van der Waals surface area contributed by atoms with Crippen molar-refractivity contribution in [2.45, 2.75) is 26.2 Å². The zero-order valence-electron chi connectivity index (χ0n) is 22.2. The molecule has 40 heavy (non-hydrogen) atoms. The van der Waals surface area contributed by atoms with Crippen molar-refractivity contribution in [3.63, 3.8) is 0 Å². The van der Waals surface area contributed by atoms with Crippen LogP contribution < -0.4 is 9.80 Å². The molecule has 3 aromatic rings. The highest BCUT2D eigenvalue weighted by atomic mass is 35.5. The first-order valence-corrected chi connectivity index (χ1v) is 13.6. The topological polar surface area (TPSA) is 89.9 Å². The quantitative estimate of drug-likeness (QED) is 0.420. The maximum atomic E-state index is 16.3. The fourth-order valence-corrected chi connectivity index (χ4v) is 5.84.